The summed E-state index contributed by atoms with van der Waals surface area (Å²) in [7, 11) is 2.94. The van der Waals surface area contributed by atoms with Crippen LogP contribution in [0.2, 0.25) is 0 Å². The van der Waals surface area contributed by atoms with E-state index >= 15 is 0 Å². The lowest BCUT2D eigenvalue weighted by Crippen LogP contribution is -2.10. The normalized spacial score (nSPS) is 21.8. The predicted octanol–water partition coefficient (Wildman–Crippen LogP) is 3.13. The van der Waals surface area contributed by atoms with Crippen molar-refractivity contribution >= 4 is 11.9 Å². The zero-order valence-electron chi connectivity index (χ0n) is 14.8. The molecule has 1 fully saturated rings. The van der Waals surface area contributed by atoms with Crippen LogP contribution in [0.4, 0.5) is 0 Å². The fourth-order valence-electron chi connectivity index (χ4n) is 2.94. The summed E-state index contributed by atoms with van der Waals surface area (Å²) in [5.74, 6) is -0.162. The van der Waals surface area contributed by atoms with Crippen molar-refractivity contribution in [1.82, 2.24) is 0 Å². The van der Waals surface area contributed by atoms with E-state index in [1.807, 2.05) is 44.2 Å². The molecule has 24 heavy (non-hydrogen) atoms. The maximum atomic E-state index is 12.4. The molecule has 1 aromatic carbocycles. The fraction of sp³-hybridized carbons (Fsp3) is 0.474. The molecule has 0 bridgehead atoms. The Bertz CT molecular complexity index is 659. The van der Waals surface area contributed by atoms with Gasteiger partial charge >= 0.3 is 11.9 Å². The molecule has 0 spiro atoms. The molecule has 0 radical (unpaired) electrons. The van der Waals surface area contributed by atoms with Gasteiger partial charge in [-0.2, -0.15) is 0 Å². The molecular weight excluding hydrogens is 308 g/mol. The van der Waals surface area contributed by atoms with E-state index < -0.39 is 0 Å². The molecule has 0 saturated heterocycles. The molecule has 0 aliphatic heterocycles. The zero-order chi connectivity index (χ0) is 17.9. The molecule has 5 heteroatoms. The van der Waals surface area contributed by atoms with Crippen LogP contribution in [0.5, 0.6) is 5.75 Å². The van der Waals surface area contributed by atoms with Crippen molar-refractivity contribution < 1.29 is 23.8 Å². The minimum atomic E-state index is -0.374. The zero-order valence-corrected chi connectivity index (χ0v) is 14.8. The van der Waals surface area contributed by atoms with Crippen LogP contribution in [0.1, 0.15) is 26.3 Å². The van der Waals surface area contributed by atoms with Crippen molar-refractivity contribution in [2.45, 2.75) is 27.4 Å². The van der Waals surface area contributed by atoms with E-state index in [0.717, 1.165) is 11.3 Å². The monoisotopic (exact) mass is 332 g/mol. The number of hydrogen-bond acceptors (Lipinski definition) is 5. The van der Waals surface area contributed by atoms with Gasteiger partial charge in [0.1, 0.15) is 12.4 Å². The molecule has 0 N–H and O–H groups in total. The van der Waals surface area contributed by atoms with E-state index in [9.17, 15) is 9.59 Å². The van der Waals surface area contributed by atoms with Crippen molar-refractivity contribution in [3.8, 4) is 5.75 Å². The number of rotatable bonds is 6. The first kappa shape index (κ1) is 18.0. The van der Waals surface area contributed by atoms with E-state index in [0.29, 0.717) is 5.57 Å². The third-order valence-corrected chi connectivity index (χ3v) is 4.62. The van der Waals surface area contributed by atoms with E-state index in [-0.39, 0.29) is 35.8 Å². The molecule has 1 saturated carbocycles. The summed E-state index contributed by atoms with van der Waals surface area (Å²) in [5.41, 5.74) is 1.17. The van der Waals surface area contributed by atoms with E-state index in [1.165, 1.54) is 7.11 Å². The topological polar surface area (TPSA) is 61.8 Å². The summed E-state index contributed by atoms with van der Waals surface area (Å²) in [5, 5.41) is 0. The van der Waals surface area contributed by atoms with Gasteiger partial charge < -0.3 is 14.2 Å². The number of esters is 2. The largest absolute Gasteiger partial charge is 0.497 e. The maximum Gasteiger partial charge on any atom is 0.333 e. The van der Waals surface area contributed by atoms with Gasteiger partial charge in [-0.15, -0.1) is 0 Å². The summed E-state index contributed by atoms with van der Waals surface area (Å²) >= 11 is 0. The number of allylic oxidation sites excluding steroid dienone is 1. The van der Waals surface area contributed by atoms with Gasteiger partial charge in [0.05, 0.1) is 20.1 Å². The van der Waals surface area contributed by atoms with Gasteiger partial charge in [-0.05, 0) is 36.0 Å². The number of hydrogen-bond donors (Lipinski definition) is 0. The van der Waals surface area contributed by atoms with Crippen molar-refractivity contribution in [3.05, 3.63) is 41.5 Å². The second kappa shape index (κ2) is 7.07. The Morgan fingerprint density at radius 2 is 1.96 bits per heavy atom. The van der Waals surface area contributed by atoms with Crippen LogP contribution in [0, 0.1) is 17.3 Å². The molecular formula is C19H24O5. The highest BCUT2D eigenvalue weighted by molar-refractivity contribution is 5.88. The maximum absolute atomic E-state index is 12.4. The minimum Gasteiger partial charge on any atom is -0.497 e. The molecule has 0 heterocycles. The van der Waals surface area contributed by atoms with Gasteiger partial charge in [-0.3, -0.25) is 4.79 Å². The number of carbonyl (C=O) groups excluding carboxylic acids is 2. The first-order valence-electron chi connectivity index (χ1n) is 7.87. The Balaban J connectivity index is 1.98. The van der Waals surface area contributed by atoms with Crippen LogP contribution in [0.25, 0.3) is 0 Å². The Morgan fingerprint density at radius 3 is 2.58 bits per heavy atom. The third-order valence-electron chi connectivity index (χ3n) is 4.62. The van der Waals surface area contributed by atoms with Gasteiger partial charge in [0.15, 0.2) is 0 Å². The molecule has 130 valence electrons. The van der Waals surface area contributed by atoms with Crippen LogP contribution in [0.15, 0.2) is 35.9 Å². The van der Waals surface area contributed by atoms with Crippen LogP contribution < -0.4 is 4.74 Å². The number of benzene rings is 1. The van der Waals surface area contributed by atoms with E-state index in [4.69, 9.17) is 14.2 Å². The Labute approximate surface area is 142 Å². The Hall–Kier alpha value is -2.30. The van der Waals surface area contributed by atoms with Gasteiger partial charge in [0.25, 0.3) is 0 Å². The SMILES string of the molecule is COC(=O)C(C)=CC1C(C(=O)OCc2cccc(OC)c2)C1(C)C. The molecule has 2 atom stereocenters. The summed E-state index contributed by atoms with van der Waals surface area (Å²) in [6, 6.07) is 7.41. The highest BCUT2D eigenvalue weighted by Crippen LogP contribution is 2.59. The molecule has 1 aliphatic carbocycles. The number of ether oxygens (including phenoxy) is 3. The van der Waals surface area contributed by atoms with Crippen molar-refractivity contribution in [2.75, 3.05) is 14.2 Å². The van der Waals surface area contributed by atoms with Crippen molar-refractivity contribution in [1.29, 1.82) is 0 Å². The molecule has 2 unspecified atom stereocenters. The summed E-state index contributed by atoms with van der Waals surface area (Å²) in [4.78, 5) is 23.9. The van der Waals surface area contributed by atoms with Crippen LogP contribution >= 0.6 is 0 Å². The van der Waals surface area contributed by atoms with Crippen molar-refractivity contribution in [3.63, 3.8) is 0 Å². The lowest BCUT2D eigenvalue weighted by Gasteiger charge is -2.07. The summed E-state index contributed by atoms with van der Waals surface area (Å²) in [6.45, 7) is 5.89. The van der Waals surface area contributed by atoms with Crippen LogP contribution in [0.3, 0.4) is 0 Å². The van der Waals surface area contributed by atoms with Gasteiger partial charge in [-0.25, -0.2) is 4.79 Å². The molecule has 2 rings (SSSR count). The summed E-state index contributed by atoms with van der Waals surface area (Å²) < 4.78 is 15.3. The highest BCUT2D eigenvalue weighted by Gasteiger charge is 2.61. The first-order chi connectivity index (χ1) is 11.3. The average molecular weight is 332 g/mol. The molecule has 1 aliphatic rings. The predicted molar refractivity (Wildman–Crippen MR) is 89.3 cm³/mol. The van der Waals surface area contributed by atoms with Gasteiger partial charge in [-0.1, -0.05) is 32.1 Å². The fourth-order valence-corrected chi connectivity index (χ4v) is 2.94. The molecule has 0 aromatic heterocycles. The number of methoxy groups -OCH3 is 2. The summed E-state index contributed by atoms with van der Waals surface area (Å²) in [6.07, 6.45) is 1.81. The lowest BCUT2D eigenvalue weighted by molar-refractivity contribution is -0.147. The van der Waals surface area contributed by atoms with Crippen LogP contribution in [-0.4, -0.2) is 26.2 Å². The Kier molecular flexibility index (Phi) is 5.32. The second-order valence-corrected chi connectivity index (χ2v) is 6.63. The van der Waals surface area contributed by atoms with Crippen molar-refractivity contribution in [2.24, 2.45) is 17.3 Å². The molecule has 0 amide bonds. The first-order valence-corrected chi connectivity index (χ1v) is 7.87. The van der Waals surface area contributed by atoms with Gasteiger partial charge in [0.2, 0.25) is 0 Å². The molecule has 5 nitrogen and oxygen atoms in total. The lowest BCUT2D eigenvalue weighted by atomic mass is 10.1. The molecule has 1 aromatic rings. The number of carbonyl (C=O) groups is 2. The van der Waals surface area contributed by atoms with Crippen LogP contribution in [-0.2, 0) is 25.7 Å². The highest BCUT2D eigenvalue weighted by atomic mass is 16.5. The quantitative estimate of drug-likeness (QED) is 0.591. The van der Waals surface area contributed by atoms with E-state index in [1.54, 1.807) is 14.0 Å². The standard InChI is InChI=1S/C19H24O5/c1-12(17(20)23-5)9-15-16(19(15,2)3)18(21)24-11-13-7-6-8-14(10-13)22-4/h6-10,15-16H,11H2,1-5H3. The second-order valence-electron chi connectivity index (χ2n) is 6.63. The third kappa shape index (κ3) is 3.78. The Morgan fingerprint density at radius 1 is 1.25 bits per heavy atom. The van der Waals surface area contributed by atoms with E-state index in [2.05, 4.69) is 0 Å². The minimum absolute atomic E-state index is 0.0191. The average Bonchev–Trinajstić information content (AvgIpc) is 3.12. The smallest absolute Gasteiger partial charge is 0.333 e. The van der Waals surface area contributed by atoms with Gasteiger partial charge in [0, 0.05) is 5.57 Å².